The Morgan fingerprint density at radius 3 is 1.56 bits per heavy atom. The van der Waals surface area contributed by atoms with Crippen LogP contribution in [0.5, 0.6) is 0 Å². The maximum absolute atomic E-state index is 9.76. The molecule has 0 aliphatic rings. The summed E-state index contributed by atoms with van der Waals surface area (Å²) in [6.07, 6.45) is 0. The fraction of sp³-hybridized carbons (Fsp3) is 1.00. The minimum atomic E-state index is -4.04. The molecule has 0 aliphatic heterocycles. The average Bonchev–Trinajstić information content (AvgIpc) is 1.97. The van der Waals surface area contributed by atoms with E-state index in [1.54, 1.807) is 0 Å². The summed E-state index contributed by atoms with van der Waals surface area (Å²) in [5, 5.41) is -0.0515. The summed E-state index contributed by atoms with van der Waals surface area (Å²) in [6.45, 7) is -0.569. The van der Waals surface area contributed by atoms with Gasteiger partial charge in [0.15, 0.2) is 0 Å². The highest BCUT2D eigenvalue weighted by Gasteiger charge is 2.26. The van der Waals surface area contributed by atoms with Crippen LogP contribution in [0.25, 0.3) is 0 Å². The lowest BCUT2D eigenvalue weighted by molar-refractivity contribution is -0.121. The first-order valence-electron chi connectivity index (χ1n) is 4.48. The smallest absolute Gasteiger partial charge is 0.327 e. The number of hydrogen-bond donors (Lipinski definition) is 4. The molecule has 0 amide bonds. The highest BCUT2D eigenvalue weighted by atomic mass is 32.5. The van der Waals surface area contributed by atoms with Gasteiger partial charge in [0.2, 0.25) is 0 Å². The minimum Gasteiger partial charge on any atom is -0.327 e. The molecule has 0 bridgehead atoms. The lowest BCUT2D eigenvalue weighted by atomic mass is 10.6. The largest absolute Gasteiger partial charge is 0.351 e. The van der Waals surface area contributed by atoms with Crippen LogP contribution >= 0.6 is 13.4 Å². The second-order valence-corrected chi connectivity index (χ2v) is 12.5. The summed E-state index contributed by atoms with van der Waals surface area (Å²) in [7, 11) is -0.849. The van der Waals surface area contributed by atoms with Crippen molar-refractivity contribution in [2.24, 2.45) is 0 Å². The van der Waals surface area contributed by atoms with Crippen LogP contribution in [0.3, 0.4) is 0 Å². The van der Waals surface area contributed by atoms with Gasteiger partial charge in [0.1, 0.15) is 0 Å². The Morgan fingerprint density at radius 2 is 1.31 bits per heavy atom. The Hall–Kier alpha value is 1.19. The van der Waals surface area contributed by atoms with Gasteiger partial charge in [0, 0.05) is 10.5 Å². The first kappa shape index (κ1) is 17.2. The summed E-state index contributed by atoms with van der Waals surface area (Å²) in [5.74, 6) is 0. The predicted molar refractivity (Wildman–Crippen MR) is 69.9 cm³/mol. The molecule has 0 saturated carbocycles. The molecule has 0 aromatic carbocycles. The maximum Gasteiger partial charge on any atom is 0.351 e. The molecule has 0 spiro atoms. The van der Waals surface area contributed by atoms with Crippen LogP contribution in [-0.4, -0.2) is 30.1 Å². The van der Waals surface area contributed by atoms with Gasteiger partial charge in [-0.1, -0.05) is 27.7 Å². The molecule has 0 radical (unpaired) electrons. The Labute approximate surface area is 103 Å². The van der Waals surface area contributed by atoms with Gasteiger partial charge in [-0.15, -0.1) is 19.4 Å². The van der Waals surface area contributed by atoms with E-state index < -0.39 is 23.5 Å². The maximum atomic E-state index is 9.76. The van der Waals surface area contributed by atoms with Crippen LogP contribution in [-0.2, 0) is 31.2 Å². The standard InChI is InChI=1S/C6H18O6P2S2/c1-5(2)16(6(3)4)14(9,10)12-11-13(7,8)15/h5-6,9-10H,1-4H3,(H2,7,8,15). The van der Waals surface area contributed by atoms with Gasteiger partial charge in [0.05, 0.1) is 0 Å². The molecule has 0 aromatic rings. The van der Waals surface area contributed by atoms with Crippen molar-refractivity contribution in [3.05, 3.63) is 0 Å². The monoisotopic (exact) mass is 312 g/mol. The van der Waals surface area contributed by atoms with Crippen LogP contribution in [0.4, 0.5) is 0 Å². The molecule has 0 unspecified atom stereocenters. The number of rotatable bonds is 5. The minimum absolute atomic E-state index is 0.0258. The van der Waals surface area contributed by atoms with Crippen molar-refractivity contribution < 1.29 is 28.9 Å². The molecule has 0 heterocycles. The molecule has 0 rings (SSSR count). The molecular weight excluding hydrogens is 294 g/mol. The zero-order chi connectivity index (χ0) is 13.1. The van der Waals surface area contributed by atoms with E-state index in [-0.39, 0.29) is 10.5 Å². The summed E-state index contributed by atoms with van der Waals surface area (Å²) < 4.78 is 8.43. The van der Waals surface area contributed by atoms with Crippen molar-refractivity contribution in [1.29, 1.82) is 0 Å². The van der Waals surface area contributed by atoms with Crippen LogP contribution in [0.1, 0.15) is 27.7 Å². The molecule has 0 saturated heterocycles. The summed E-state index contributed by atoms with van der Waals surface area (Å²) in [4.78, 5) is 37.1. The van der Waals surface area contributed by atoms with Crippen molar-refractivity contribution in [2.45, 2.75) is 38.2 Å². The zero-order valence-electron chi connectivity index (χ0n) is 9.47. The van der Waals surface area contributed by atoms with Crippen LogP contribution in [0, 0.1) is 0 Å². The predicted octanol–water partition coefficient (Wildman–Crippen LogP) is 1.24. The van der Waals surface area contributed by atoms with E-state index >= 15 is 0 Å². The third kappa shape index (κ3) is 6.21. The van der Waals surface area contributed by atoms with Crippen molar-refractivity contribution in [1.82, 2.24) is 0 Å². The second-order valence-electron chi connectivity index (χ2n) is 3.57. The Kier molecular flexibility index (Phi) is 6.86. The highest BCUT2D eigenvalue weighted by Crippen LogP contribution is 2.51. The average molecular weight is 312 g/mol. The van der Waals surface area contributed by atoms with E-state index in [9.17, 15) is 9.79 Å². The van der Waals surface area contributed by atoms with Crippen molar-refractivity contribution >= 4 is 35.3 Å². The van der Waals surface area contributed by atoms with Crippen LogP contribution in [0.2, 0.25) is 0 Å². The van der Waals surface area contributed by atoms with Gasteiger partial charge in [-0.3, -0.25) is 0 Å². The lowest BCUT2D eigenvalue weighted by Gasteiger charge is -2.25. The molecule has 0 aliphatic carbocycles. The van der Waals surface area contributed by atoms with E-state index in [2.05, 4.69) is 21.2 Å². The van der Waals surface area contributed by atoms with E-state index in [1.165, 1.54) is 0 Å². The SMILES string of the molecule is CC(C)S(C(C)C)=P(O)(O)OOP(O)(O)=S. The molecule has 0 fully saturated rings. The lowest BCUT2D eigenvalue weighted by Crippen LogP contribution is -2.18. The Balaban J connectivity index is 5.10. The number of hydrogen-bond acceptors (Lipinski definition) is 3. The normalized spacial score (nSPS) is 14.2. The quantitative estimate of drug-likeness (QED) is 0.344. The van der Waals surface area contributed by atoms with E-state index in [1.807, 2.05) is 27.7 Å². The van der Waals surface area contributed by atoms with Crippen LogP contribution in [0.15, 0.2) is 0 Å². The first-order valence-corrected chi connectivity index (χ1v) is 10.7. The summed E-state index contributed by atoms with van der Waals surface area (Å²) >= 11 is 4.14. The third-order valence-electron chi connectivity index (χ3n) is 1.47. The van der Waals surface area contributed by atoms with Gasteiger partial charge < -0.3 is 19.6 Å². The fourth-order valence-electron chi connectivity index (χ4n) is 1.22. The van der Waals surface area contributed by atoms with Crippen molar-refractivity contribution in [3.8, 4) is 0 Å². The van der Waals surface area contributed by atoms with Gasteiger partial charge >= 0.3 is 13.4 Å². The van der Waals surface area contributed by atoms with Crippen molar-refractivity contribution in [3.63, 3.8) is 0 Å². The van der Waals surface area contributed by atoms with Gasteiger partial charge in [-0.25, -0.2) is 0 Å². The van der Waals surface area contributed by atoms with Gasteiger partial charge in [-0.2, -0.15) is 0 Å². The molecule has 6 nitrogen and oxygen atoms in total. The summed E-state index contributed by atoms with van der Waals surface area (Å²) in [5.41, 5.74) is 0. The molecular formula is C6H18O6P2S2. The molecule has 100 valence electrons. The van der Waals surface area contributed by atoms with Crippen LogP contribution < -0.4 is 0 Å². The molecule has 0 aromatic heterocycles. The third-order valence-corrected chi connectivity index (χ3v) is 9.15. The summed E-state index contributed by atoms with van der Waals surface area (Å²) in [6, 6.07) is 0. The van der Waals surface area contributed by atoms with E-state index in [0.29, 0.717) is 0 Å². The topological polar surface area (TPSA) is 99.4 Å². The Bertz CT molecular complexity index is 320. The Morgan fingerprint density at radius 1 is 0.938 bits per heavy atom. The van der Waals surface area contributed by atoms with Crippen molar-refractivity contribution in [2.75, 3.05) is 0 Å². The fourth-order valence-corrected chi connectivity index (χ4v) is 8.16. The van der Waals surface area contributed by atoms with E-state index in [0.717, 1.165) is 0 Å². The highest BCUT2D eigenvalue weighted by molar-refractivity contribution is 8.28. The van der Waals surface area contributed by atoms with Gasteiger partial charge in [0.25, 0.3) is 0 Å². The molecule has 16 heavy (non-hydrogen) atoms. The second kappa shape index (κ2) is 6.38. The zero-order valence-corrected chi connectivity index (χ0v) is 12.9. The molecule has 4 N–H and O–H groups in total. The molecule has 0 atom stereocenters. The van der Waals surface area contributed by atoms with Gasteiger partial charge in [-0.05, 0) is 11.8 Å². The van der Waals surface area contributed by atoms with E-state index in [4.69, 9.17) is 9.79 Å². The molecule has 10 heteroatoms. The first-order chi connectivity index (χ1) is 6.97.